The molecule has 2 aromatic rings. The second-order valence-corrected chi connectivity index (χ2v) is 6.30. The second kappa shape index (κ2) is 8.37. The van der Waals surface area contributed by atoms with Gasteiger partial charge in [-0.15, -0.1) is 0 Å². The van der Waals surface area contributed by atoms with Crippen LogP contribution in [0.25, 0.3) is 0 Å². The zero-order valence-corrected chi connectivity index (χ0v) is 14.1. The van der Waals surface area contributed by atoms with Crippen LogP contribution in [-0.2, 0) is 22.6 Å². The Bertz CT molecular complexity index is 706. The number of nitrogens with one attached hydrogen (secondary N) is 1. The van der Waals surface area contributed by atoms with Crippen molar-refractivity contribution in [3.8, 4) is 0 Å². The summed E-state index contributed by atoms with van der Waals surface area (Å²) in [5.74, 6) is 0.142. The van der Waals surface area contributed by atoms with Crippen LogP contribution in [0.1, 0.15) is 30.4 Å². The SMILES string of the molecule is O=C1CCC(CN(Cc2cccnc2)C(=O)CCc2cccnc2)N1. The third kappa shape index (κ3) is 5.11. The number of aromatic nitrogens is 2. The molecule has 6 nitrogen and oxygen atoms in total. The fraction of sp³-hybridized carbons (Fsp3) is 0.368. The summed E-state index contributed by atoms with van der Waals surface area (Å²) in [6, 6.07) is 7.71. The fourth-order valence-electron chi connectivity index (χ4n) is 3.00. The molecule has 1 atom stereocenters. The van der Waals surface area contributed by atoms with Crippen LogP contribution in [0.15, 0.2) is 49.1 Å². The summed E-state index contributed by atoms with van der Waals surface area (Å²) in [6.45, 7) is 1.04. The predicted molar refractivity (Wildman–Crippen MR) is 93.4 cm³/mol. The molecule has 0 aromatic carbocycles. The summed E-state index contributed by atoms with van der Waals surface area (Å²) in [5.41, 5.74) is 2.04. The van der Waals surface area contributed by atoms with E-state index in [0.717, 1.165) is 17.5 Å². The number of carbonyl (C=O) groups excluding carboxylic acids is 2. The molecule has 1 fully saturated rings. The number of amides is 2. The van der Waals surface area contributed by atoms with E-state index in [-0.39, 0.29) is 17.9 Å². The van der Waals surface area contributed by atoms with Crippen LogP contribution in [-0.4, -0.2) is 39.3 Å². The first kappa shape index (κ1) is 17.1. The van der Waals surface area contributed by atoms with Gasteiger partial charge in [-0.25, -0.2) is 0 Å². The maximum absolute atomic E-state index is 12.8. The lowest BCUT2D eigenvalue weighted by Gasteiger charge is -2.26. The van der Waals surface area contributed by atoms with Crippen LogP contribution in [0.3, 0.4) is 0 Å². The van der Waals surface area contributed by atoms with Gasteiger partial charge < -0.3 is 10.2 Å². The topological polar surface area (TPSA) is 75.2 Å². The Hall–Kier alpha value is -2.76. The molecule has 6 heteroatoms. The zero-order valence-electron chi connectivity index (χ0n) is 14.1. The Morgan fingerprint density at radius 3 is 2.48 bits per heavy atom. The van der Waals surface area contributed by atoms with Gasteiger partial charge in [0.1, 0.15) is 0 Å². The molecule has 1 N–H and O–H groups in total. The summed E-state index contributed by atoms with van der Waals surface area (Å²) in [6.07, 6.45) is 9.40. The number of rotatable bonds is 7. The van der Waals surface area contributed by atoms with Crippen LogP contribution in [0, 0.1) is 0 Å². The normalized spacial score (nSPS) is 16.5. The Morgan fingerprint density at radius 2 is 1.88 bits per heavy atom. The van der Waals surface area contributed by atoms with Gasteiger partial charge in [0.2, 0.25) is 11.8 Å². The van der Waals surface area contributed by atoms with Gasteiger partial charge in [0, 0.05) is 56.8 Å². The molecular formula is C19H22N4O2. The minimum absolute atomic E-state index is 0.0338. The lowest BCUT2D eigenvalue weighted by atomic mass is 10.1. The number of aryl methyl sites for hydroxylation is 1. The molecule has 0 saturated carbocycles. The second-order valence-electron chi connectivity index (χ2n) is 6.30. The lowest BCUT2D eigenvalue weighted by molar-refractivity contribution is -0.132. The molecule has 1 unspecified atom stereocenters. The standard InChI is InChI=1S/C19H22N4O2/c24-18-7-6-17(22-18)14-23(13-16-4-2-10-21-12-16)19(25)8-5-15-3-1-9-20-11-15/h1-4,9-12,17H,5-8,13-14H2,(H,22,24). The molecule has 1 saturated heterocycles. The van der Waals surface area contributed by atoms with Crippen molar-refractivity contribution in [1.82, 2.24) is 20.2 Å². The van der Waals surface area contributed by atoms with Crippen molar-refractivity contribution in [1.29, 1.82) is 0 Å². The fourth-order valence-corrected chi connectivity index (χ4v) is 3.00. The highest BCUT2D eigenvalue weighted by atomic mass is 16.2. The van der Waals surface area contributed by atoms with E-state index in [9.17, 15) is 9.59 Å². The molecule has 3 heterocycles. The van der Waals surface area contributed by atoms with E-state index in [1.807, 2.05) is 29.2 Å². The first-order chi connectivity index (χ1) is 12.2. The predicted octanol–water partition coefficient (Wildman–Crippen LogP) is 1.72. The van der Waals surface area contributed by atoms with Crippen molar-refractivity contribution >= 4 is 11.8 Å². The van der Waals surface area contributed by atoms with Crippen molar-refractivity contribution in [2.45, 2.75) is 38.3 Å². The zero-order chi connectivity index (χ0) is 17.5. The van der Waals surface area contributed by atoms with Gasteiger partial charge >= 0.3 is 0 Å². The van der Waals surface area contributed by atoms with Crippen molar-refractivity contribution in [2.75, 3.05) is 6.54 Å². The van der Waals surface area contributed by atoms with Crippen molar-refractivity contribution < 1.29 is 9.59 Å². The molecule has 0 aliphatic carbocycles. The third-order valence-electron chi connectivity index (χ3n) is 4.33. The van der Waals surface area contributed by atoms with E-state index in [4.69, 9.17) is 0 Å². The maximum Gasteiger partial charge on any atom is 0.223 e. The van der Waals surface area contributed by atoms with Gasteiger partial charge in [-0.3, -0.25) is 19.6 Å². The minimum Gasteiger partial charge on any atom is -0.352 e. The molecule has 1 aliphatic rings. The average Bonchev–Trinajstić information content (AvgIpc) is 3.06. The largest absolute Gasteiger partial charge is 0.352 e. The molecule has 130 valence electrons. The first-order valence-electron chi connectivity index (χ1n) is 8.55. The summed E-state index contributed by atoms with van der Waals surface area (Å²) in [4.78, 5) is 34.2. The van der Waals surface area contributed by atoms with Gasteiger partial charge in [-0.2, -0.15) is 0 Å². The summed E-state index contributed by atoms with van der Waals surface area (Å²) in [5, 5.41) is 2.94. The number of hydrogen-bond acceptors (Lipinski definition) is 4. The van der Waals surface area contributed by atoms with E-state index in [2.05, 4.69) is 15.3 Å². The Balaban J connectivity index is 1.63. The quantitative estimate of drug-likeness (QED) is 0.834. The monoisotopic (exact) mass is 338 g/mol. The van der Waals surface area contributed by atoms with Crippen LogP contribution < -0.4 is 5.32 Å². The van der Waals surface area contributed by atoms with Gasteiger partial charge in [0.25, 0.3) is 0 Å². The van der Waals surface area contributed by atoms with Gasteiger partial charge in [-0.05, 0) is 36.1 Å². The third-order valence-corrected chi connectivity index (χ3v) is 4.33. The van der Waals surface area contributed by atoms with E-state index in [1.165, 1.54) is 0 Å². The van der Waals surface area contributed by atoms with Crippen molar-refractivity contribution in [3.05, 3.63) is 60.2 Å². The lowest BCUT2D eigenvalue weighted by Crippen LogP contribution is -2.41. The van der Waals surface area contributed by atoms with E-state index in [0.29, 0.717) is 32.4 Å². The Morgan fingerprint density at radius 1 is 1.16 bits per heavy atom. The summed E-state index contributed by atoms with van der Waals surface area (Å²) >= 11 is 0. The Labute approximate surface area is 147 Å². The van der Waals surface area contributed by atoms with E-state index >= 15 is 0 Å². The molecule has 2 aromatic heterocycles. The molecule has 0 spiro atoms. The maximum atomic E-state index is 12.8. The van der Waals surface area contributed by atoms with Crippen LogP contribution >= 0.6 is 0 Å². The molecular weight excluding hydrogens is 316 g/mol. The van der Waals surface area contributed by atoms with Gasteiger partial charge in [0.05, 0.1) is 0 Å². The number of hydrogen-bond donors (Lipinski definition) is 1. The highest BCUT2D eigenvalue weighted by Crippen LogP contribution is 2.13. The number of nitrogens with zero attached hydrogens (tertiary/aromatic N) is 3. The highest BCUT2D eigenvalue weighted by molar-refractivity contribution is 5.79. The van der Waals surface area contributed by atoms with E-state index < -0.39 is 0 Å². The first-order valence-corrected chi connectivity index (χ1v) is 8.55. The Kier molecular flexibility index (Phi) is 5.72. The van der Waals surface area contributed by atoms with Crippen molar-refractivity contribution in [3.63, 3.8) is 0 Å². The minimum atomic E-state index is 0.0338. The van der Waals surface area contributed by atoms with Crippen LogP contribution in [0.2, 0.25) is 0 Å². The number of pyridine rings is 2. The van der Waals surface area contributed by atoms with Gasteiger partial charge in [-0.1, -0.05) is 12.1 Å². The van der Waals surface area contributed by atoms with Crippen LogP contribution in [0.5, 0.6) is 0 Å². The van der Waals surface area contributed by atoms with Crippen LogP contribution in [0.4, 0.5) is 0 Å². The molecule has 3 rings (SSSR count). The van der Waals surface area contributed by atoms with Crippen molar-refractivity contribution in [2.24, 2.45) is 0 Å². The smallest absolute Gasteiger partial charge is 0.223 e. The van der Waals surface area contributed by atoms with Gasteiger partial charge in [0.15, 0.2) is 0 Å². The number of carbonyl (C=O) groups is 2. The highest BCUT2D eigenvalue weighted by Gasteiger charge is 2.25. The molecule has 2 amide bonds. The molecule has 25 heavy (non-hydrogen) atoms. The van der Waals surface area contributed by atoms with E-state index in [1.54, 1.807) is 24.8 Å². The summed E-state index contributed by atoms with van der Waals surface area (Å²) in [7, 11) is 0. The molecule has 0 radical (unpaired) electrons. The molecule has 0 bridgehead atoms. The average molecular weight is 338 g/mol. The molecule has 1 aliphatic heterocycles. The summed E-state index contributed by atoms with van der Waals surface area (Å²) < 4.78 is 0.